The Morgan fingerprint density at radius 1 is 1.15 bits per heavy atom. The van der Waals surface area contributed by atoms with Gasteiger partial charge in [0.1, 0.15) is 4.90 Å². The fourth-order valence-corrected chi connectivity index (χ4v) is 4.48. The van der Waals surface area contributed by atoms with Crippen molar-refractivity contribution in [1.82, 2.24) is 0 Å². The Labute approximate surface area is 121 Å². The van der Waals surface area contributed by atoms with Gasteiger partial charge in [0.15, 0.2) is 5.75 Å². The lowest BCUT2D eigenvalue weighted by Gasteiger charge is -2.04. The largest absolute Gasteiger partial charge is 0.451 e. The Morgan fingerprint density at radius 2 is 1.90 bits per heavy atom. The van der Waals surface area contributed by atoms with Crippen LogP contribution in [0.3, 0.4) is 0 Å². The number of ether oxygens (including phenoxy) is 2. The number of sulfonamides is 1. The summed E-state index contributed by atoms with van der Waals surface area (Å²) in [6.07, 6.45) is 1.32. The number of hydrogen-bond donors (Lipinski definition) is 1. The van der Waals surface area contributed by atoms with Crippen molar-refractivity contribution >= 4 is 21.4 Å². The zero-order valence-electron chi connectivity index (χ0n) is 10.5. The second-order valence-electron chi connectivity index (χ2n) is 4.41. The Balaban J connectivity index is 1.91. The Kier molecular flexibility index (Phi) is 3.41. The van der Waals surface area contributed by atoms with E-state index in [1.807, 2.05) is 30.3 Å². The first-order valence-electron chi connectivity index (χ1n) is 6.03. The van der Waals surface area contributed by atoms with E-state index in [1.54, 1.807) is 0 Å². The summed E-state index contributed by atoms with van der Waals surface area (Å²) in [7, 11) is -3.81. The van der Waals surface area contributed by atoms with E-state index in [-0.39, 0.29) is 17.4 Å². The molecular formula is C13H13NO4S2. The number of hydrogen-bond acceptors (Lipinski definition) is 5. The van der Waals surface area contributed by atoms with Crippen LogP contribution in [0.5, 0.6) is 10.8 Å². The quantitative estimate of drug-likeness (QED) is 0.935. The van der Waals surface area contributed by atoms with Gasteiger partial charge in [-0.05, 0) is 18.4 Å². The van der Waals surface area contributed by atoms with Gasteiger partial charge in [-0.3, -0.25) is 0 Å². The molecule has 0 atom stereocenters. The van der Waals surface area contributed by atoms with Gasteiger partial charge in [-0.1, -0.05) is 41.7 Å². The molecule has 1 aromatic heterocycles. The molecule has 0 saturated heterocycles. The minimum atomic E-state index is -3.81. The smallest absolute Gasteiger partial charge is 0.243 e. The minimum absolute atomic E-state index is 0.0443. The molecule has 7 heteroatoms. The summed E-state index contributed by atoms with van der Waals surface area (Å²) in [6, 6.07) is 9.86. The molecule has 1 aliphatic rings. The third kappa shape index (κ3) is 2.52. The monoisotopic (exact) mass is 311 g/mol. The molecule has 0 amide bonds. The average Bonchev–Trinajstić information content (AvgIpc) is 2.95. The second kappa shape index (κ2) is 5.08. The highest BCUT2D eigenvalue weighted by atomic mass is 32.2. The summed E-state index contributed by atoms with van der Waals surface area (Å²) in [4.78, 5) is 0.756. The molecule has 1 aliphatic heterocycles. The topological polar surface area (TPSA) is 78.6 Å². The maximum absolute atomic E-state index is 11.7. The molecular weight excluding hydrogens is 298 g/mol. The van der Waals surface area contributed by atoms with Crippen molar-refractivity contribution in [3.05, 3.63) is 40.8 Å². The van der Waals surface area contributed by atoms with Gasteiger partial charge < -0.3 is 9.47 Å². The molecule has 5 nitrogen and oxygen atoms in total. The first-order valence-corrected chi connectivity index (χ1v) is 8.40. The van der Waals surface area contributed by atoms with Gasteiger partial charge >= 0.3 is 0 Å². The van der Waals surface area contributed by atoms with E-state index in [2.05, 4.69) is 0 Å². The van der Waals surface area contributed by atoms with Crippen molar-refractivity contribution in [2.24, 2.45) is 5.14 Å². The number of thiophene rings is 1. The lowest BCUT2D eigenvalue weighted by atomic mass is 10.1. The number of fused-ring (bicyclic) bond motifs is 1. The number of nitrogens with two attached hydrogens (primary N) is 1. The van der Waals surface area contributed by atoms with E-state index in [0.29, 0.717) is 16.4 Å². The van der Waals surface area contributed by atoms with Gasteiger partial charge in [0.25, 0.3) is 0 Å². The highest BCUT2D eigenvalue weighted by Gasteiger charge is 2.31. The van der Waals surface area contributed by atoms with Crippen LogP contribution in [0.15, 0.2) is 35.2 Å². The average molecular weight is 311 g/mol. The molecule has 0 saturated carbocycles. The molecule has 0 fully saturated rings. The van der Waals surface area contributed by atoms with Crippen molar-refractivity contribution in [1.29, 1.82) is 0 Å². The van der Waals surface area contributed by atoms with Crippen LogP contribution in [-0.4, -0.2) is 15.2 Å². The lowest BCUT2D eigenvalue weighted by Crippen LogP contribution is -2.14. The predicted molar refractivity (Wildman–Crippen MR) is 75.7 cm³/mol. The normalized spacial score (nSPS) is 13.7. The number of aryl methyl sites for hydroxylation is 2. The minimum Gasteiger partial charge on any atom is -0.451 e. The molecule has 0 bridgehead atoms. The summed E-state index contributed by atoms with van der Waals surface area (Å²) in [5.41, 5.74) is 1.14. The summed E-state index contributed by atoms with van der Waals surface area (Å²) in [5.74, 6) is 0.264. The molecule has 0 spiro atoms. The van der Waals surface area contributed by atoms with Crippen LogP contribution in [0, 0.1) is 0 Å². The molecule has 2 aromatic rings. The van der Waals surface area contributed by atoms with Crippen LogP contribution < -0.4 is 14.6 Å². The van der Waals surface area contributed by atoms with Crippen molar-refractivity contribution in [3.63, 3.8) is 0 Å². The van der Waals surface area contributed by atoms with Crippen LogP contribution in [0.4, 0.5) is 0 Å². The van der Waals surface area contributed by atoms with E-state index >= 15 is 0 Å². The molecule has 2 N–H and O–H groups in total. The number of primary sulfonamides is 1. The maximum Gasteiger partial charge on any atom is 0.243 e. The van der Waals surface area contributed by atoms with E-state index in [9.17, 15) is 8.42 Å². The van der Waals surface area contributed by atoms with Crippen molar-refractivity contribution in [2.75, 3.05) is 6.79 Å². The molecule has 106 valence electrons. The van der Waals surface area contributed by atoms with Crippen LogP contribution in [0.2, 0.25) is 0 Å². The molecule has 0 unspecified atom stereocenters. The summed E-state index contributed by atoms with van der Waals surface area (Å²) < 4.78 is 33.9. The van der Waals surface area contributed by atoms with Crippen LogP contribution in [0.1, 0.15) is 10.4 Å². The fraction of sp³-hybridized carbons (Fsp3) is 0.231. The molecule has 0 aliphatic carbocycles. The fourth-order valence-electron chi connectivity index (χ4n) is 2.14. The lowest BCUT2D eigenvalue weighted by molar-refractivity contribution is 0.173. The predicted octanol–water partition coefficient (Wildman–Crippen LogP) is 1.91. The van der Waals surface area contributed by atoms with Crippen LogP contribution >= 0.6 is 11.3 Å². The summed E-state index contributed by atoms with van der Waals surface area (Å²) in [6.45, 7) is 0.0443. The number of benzene rings is 1. The molecule has 2 heterocycles. The van der Waals surface area contributed by atoms with Gasteiger partial charge in [-0.2, -0.15) is 0 Å². The van der Waals surface area contributed by atoms with E-state index in [4.69, 9.17) is 14.6 Å². The Bertz CT molecular complexity index is 722. The highest BCUT2D eigenvalue weighted by molar-refractivity contribution is 7.89. The maximum atomic E-state index is 11.7. The summed E-state index contributed by atoms with van der Waals surface area (Å²) in [5, 5.41) is 5.78. The van der Waals surface area contributed by atoms with Crippen molar-refractivity contribution < 1.29 is 17.9 Å². The van der Waals surface area contributed by atoms with Crippen molar-refractivity contribution in [3.8, 4) is 10.8 Å². The van der Waals surface area contributed by atoms with Crippen LogP contribution in [0.25, 0.3) is 0 Å². The molecule has 1 aromatic carbocycles. The second-order valence-corrected chi connectivity index (χ2v) is 6.97. The zero-order valence-corrected chi connectivity index (χ0v) is 12.2. The third-order valence-corrected chi connectivity index (χ3v) is 5.30. The molecule has 0 radical (unpaired) electrons. The molecule has 20 heavy (non-hydrogen) atoms. The standard InChI is InChI=1S/C13H13NO4S2/c14-20(15,16)12-10(19-13-11(12)17-8-18-13)7-6-9-4-2-1-3-5-9/h1-5H,6-8H2,(H2,14,15,16). The van der Waals surface area contributed by atoms with E-state index in [1.165, 1.54) is 11.3 Å². The van der Waals surface area contributed by atoms with Crippen LogP contribution in [-0.2, 0) is 22.9 Å². The highest BCUT2D eigenvalue weighted by Crippen LogP contribution is 2.47. The van der Waals surface area contributed by atoms with Gasteiger partial charge in [0.2, 0.25) is 21.9 Å². The Hall–Kier alpha value is -1.57. The summed E-state index contributed by atoms with van der Waals surface area (Å²) >= 11 is 1.29. The van der Waals surface area contributed by atoms with Gasteiger partial charge in [-0.15, -0.1) is 0 Å². The Morgan fingerprint density at radius 3 is 2.60 bits per heavy atom. The van der Waals surface area contributed by atoms with Crippen molar-refractivity contribution in [2.45, 2.75) is 17.7 Å². The van der Waals surface area contributed by atoms with E-state index in [0.717, 1.165) is 12.0 Å². The van der Waals surface area contributed by atoms with Gasteiger partial charge in [0, 0.05) is 4.88 Å². The first-order chi connectivity index (χ1) is 9.55. The zero-order chi connectivity index (χ0) is 14.2. The third-order valence-electron chi connectivity index (χ3n) is 3.02. The number of rotatable bonds is 4. The molecule has 3 rings (SSSR count). The van der Waals surface area contributed by atoms with Gasteiger partial charge in [0.05, 0.1) is 0 Å². The SMILES string of the molecule is NS(=O)(=O)c1c(CCc2ccccc2)sc2c1OCO2. The van der Waals surface area contributed by atoms with Gasteiger partial charge in [-0.25, -0.2) is 13.6 Å². The first kappa shape index (κ1) is 13.4. The van der Waals surface area contributed by atoms with E-state index < -0.39 is 10.0 Å².